The Kier molecular flexibility index (Phi) is 6.26. The molecular formula is C15H24N2O. The Balaban J connectivity index is 2.35. The molecule has 0 heterocycles. The van der Waals surface area contributed by atoms with Gasteiger partial charge in [-0.05, 0) is 31.4 Å². The second-order valence-corrected chi connectivity index (χ2v) is 4.56. The van der Waals surface area contributed by atoms with Crippen LogP contribution < -0.4 is 10.6 Å². The first-order valence-corrected chi connectivity index (χ1v) is 6.78. The van der Waals surface area contributed by atoms with Gasteiger partial charge in [0.25, 0.3) is 0 Å². The quantitative estimate of drug-likeness (QED) is 0.779. The molecule has 0 saturated heterocycles. The standard InChI is InChI=1S/C15H24N2O/c1-4-12(3)17-15(18)10-11-16-14-9-7-6-8-13(14)5-2/h6-9,12,16H,4-5,10-11H2,1-3H3,(H,17,18). The van der Waals surface area contributed by atoms with E-state index < -0.39 is 0 Å². The summed E-state index contributed by atoms with van der Waals surface area (Å²) in [6, 6.07) is 8.49. The zero-order valence-electron chi connectivity index (χ0n) is 11.6. The van der Waals surface area contributed by atoms with Gasteiger partial charge in [-0.3, -0.25) is 4.79 Å². The van der Waals surface area contributed by atoms with E-state index in [-0.39, 0.29) is 11.9 Å². The van der Waals surface area contributed by atoms with Crippen molar-refractivity contribution >= 4 is 11.6 Å². The normalized spacial score (nSPS) is 11.9. The van der Waals surface area contributed by atoms with E-state index in [0.717, 1.165) is 18.5 Å². The fourth-order valence-corrected chi connectivity index (χ4v) is 1.76. The number of rotatable bonds is 7. The maximum absolute atomic E-state index is 11.6. The summed E-state index contributed by atoms with van der Waals surface area (Å²) in [6.07, 6.45) is 2.49. The lowest BCUT2D eigenvalue weighted by Gasteiger charge is -2.13. The smallest absolute Gasteiger partial charge is 0.221 e. The van der Waals surface area contributed by atoms with Crippen LogP contribution in [0.25, 0.3) is 0 Å². The average molecular weight is 248 g/mol. The van der Waals surface area contributed by atoms with Gasteiger partial charge in [0.1, 0.15) is 0 Å². The summed E-state index contributed by atoms with van der Waals surface area (Å²) >= 11 is 0. The van der Waals surface area contributed by atoms with Gasteiger partial charge in [-0.2, -0.15) is 0 Å². The van der Waals surface area contributed by atoms with Crippen LogP contribution in [0.2, 0.25) is 0 Å². The van der Waals surface area contributed by atoms with Crippen LogP contribution in [-0.4, -0.2) is 18.5 Å². The van der Waals surface area contributed by atoms with Crippen LogP contribution in [0.5, 0.6) is 0 Å². The number of hydrogen-bond acceptors (Lipinski definition) is 2. The third kappa shape index (κ3) is 4.78. The van der Waals surface area contributed by atoms with E-state index >= 15 is 0 Å². The number of aryl methyl sites for hydroxylation is 1. The van der Waals surface area contributed by atoms with Crippen molar-refractivity contribution < 1.29 is 4.79 Å². The monoisotopic (exact) mass is 248 g/mol. The van der Waals surface area contributed by atoms with Crippen molar-refractivity contribution in [3.8, 4) is 0 Å². The molecule has 1 atom stereocenters. The summed E-state index contributed by atoms with van der Waals surface area (Å²) in [5.41, 5.74) is 2.43. The molecule has 0 spiro atoms. The second-order valence-electron chi connectivity index (χ2n) is 4.56. The highest BCUT2D eigenvalue weighted by atomic mass is 16.1. The molecule has 0 aliphatic rings. The van der Waals surface area contributed by atoms with E-state index in [1.165, 1.54) is 5.56 Å². The van der Waals surface area contributed by atoms with Crippen molar-refractivity contribution in [3.05, 3.63) is 29.8 Å². The van der Waals surface area contributed by atoms with E-state index in [0.29, 0.717) is 13.0 Å². The van der Waals surface area contributed by atoms with Gasteiger partial charge in [0.2, 0.25) is 5.91 Å². The average Bonchev–Trinajstić information content (AvgIpc) is 2.39. The molecule has 1 aromatic carbocycles. The first-order chi connectivity index (χ1) is 8.67. The van der Waals surface area contributed by atoms with E-state index in [9.17, 15) is 4.79 Å². The topological polar surface area (TPSA) is 41.1 Å². The van der Waals surface area contributed by atoms with Gasteiger partial charge < -0.3 is 10.6 Å². The van der Waals surface area contributed by atoms with Gasteiger partial charge in [-0.15, -0.1) is 0 Å². The largest absolute Gasteiger partial charge is 0.384 e. The molecular weight excluding hydrogens is 224 g/mol. The summed E-state index contributed by atoms with van der Waals surface area (Å²) < 4.78 is 0. The van der Waals surface area contributed by atoms with Crippen LogP contribution >= 0.6 is 0 Å². The second kappa shape index (κ2) is 7.75. The molecule has 0 aliphatic carbocycles. The Labute approximate surface area is 110 Å². The molecule has 0 saturated carbocycles. The van der Waals surface area contributed by atoms with Crippen molar-refractivity contribution in [3.63, 3.8) is 0 Å². The highest BCUT2D eigenvalue weighted by molar-refractivity contribution is 5.76. The van der Waals surface area contributed by atoms with Crippen molar-refractivity contribution in [1.82, 2.24) is 5.32 Å². The van der Waals surface area contributed by atoms with Crippen molar-refractivity contribution in [2.75, 3.05) is 11.9 Å². The Bertz CT molecular complexity index is 377. The van der Waals surface area contributed by atoms with Gasteiger partial charge in [0, 0.05) is 24.7 Å². The molecule has 1 aromatic rings. The SMILES string of the molecule is CCc1ccccc1NCCC(=O)NC(C)CC. The van der Waals surface area contributed by atoms with Crippen LogP contribution in [-0.2, 0) is 11.2 Å². The molecule has 0 aliphatic heterocycles. The van der Waals surface area contributed by atoms with Gasteiger partial charge in [-0.1, -0.05) is 32.0 Å². The minimum absolute atomic E-state index is 0.117. The van der Waals surface area contributed by atoms with Gasteiger partial charge in [-0.25, -0.2) is 0 Å². The van der Waals surface area contributed by atoms with Crippen molar-refractivity contribution in [2.45, 2.75) is 46.1 Å². The Hall–Kier alpha value is -1.51. The lowest BCUT2D eigenvalue weighted by molar-refractivity contribution is -0.121. The molecule has 1 unspecified atom stereocenters. The maximum atomic E-state index is 11.6. The molecule has 0 radical (unpaired) electrons. The number of carbonyl (C=O) groups is 1. The predicted molar refractivity (Wildman–Crippen MR) is 76.8 cm³/mol. The van der Waals surface area contributed by atoms with E-state index in [1.807, 2.05) is 19.1 Å². The van der Waals surface area contributed by atoms with Gasteiger partial charge in [0.05, 0.1) is 0 Å². The molecule has 3 heteroatoms. The van der Waals surface area contributed by atoms with E-state index in [4.69, 9.17) is 0 Å². The van der Waals surface area contributed by atoms with Crippen LogP contribution in [0.1, 0.15) is 39.2 Å². The molecule has 1 amide bonds. The summed E-state index contributed by atoms with van der Waals surface area (Å²) in [5, 5.41) is 6.29. The minimum atomic E-state index is 0.117. The zero-order chi connectivity index (χ0) is 13.4. The van der Waals surface area contributed by atoms with Crippen LogP contribution in [0.4, 0.5) is 5.69 Å². The molecule has 0 aromatic heterocycles. The van der Waals surface area contributed by atoms with Crippen LogP contribution in [0.3, 0.4) is 0 Å². The first kappa shape index (κ1) is 14.6. The summed E-state index contributed by atoms with van der Waals surface area (Å²) in [6.45, 7) is 6.91. The van der Waals surface area contributed by atoms with Crippen LogP contribution in [0.15, 0.2) is 24.3 Å². The Morgan fingerprint density at radius 2 is 2.00 bits per heavy atom. The zero-order valence-corrected chi connectivity index (χ0v) is 11.6. The minimum Gasteiger partial charge on any atom is -0.384 e. The first-order valence-electron chi connectivity index (χ1n) is 6.78. The Morgan fingerprint density at radius 3 is 2.67 bits per heavy atom. The molecule has 1 rings (SSSR count). The number of amides is 1. The van der Waals surface area contributed by atoms with E-state index in [2.05, 4.69) is 36.6 Å². The van der Waals surface area contributed by atoms with E-state index in [1.54, 1.807) is 0 Å². The number of carbonyl (C=O) groups excluding carboxylic acids is 1. The third-order valence-corrected chi connectivity index (χ3v) is 3.09. The summed E-state index contributed by atoms with van der Waals surface area (Å²) in [4.78, 5) is 11.6. The highest BCUT2D eigenvalue weighted by Crippen LogP contribution is 2.14. The molecule has 0 bridgehead atoms. The molecule has 0 fully saturated rings. The number of nitrogens with one attached hydrogen (secondary N) is 2. The lowest BCUT2D eigenvalue weighted by Crippen LogP contribution is -2.33. The van der Waals surface area contributed by atoms with Gasteiger partial charge >= 0.3 is 0 Å². The maximum Gasteiger partial charge on any atom is 0.221 e. The highest BCUT2D eigenvalue weighted by Gasteiger charge is 2.05. The number of benzene rings is 1. The fourth-order valence-electron chi connectivity index (χ4n) is 1.76. The van der Waals surface area contributed by atoms with Crippen LogP contribution in [0, 0.1) is 0 Å². The van der Waals surface area contributed by atoms with Crippen molar-refractivity contribution in [2.24, 2.45) is 0 Å². The molecule has 100 valence electrons. The summed E-state index contributed by atoms with van der Waals surface area (Å²) in [7, 11) is 0. The molecule has 2 N–H and O–H groups in total. The number of para-hydroxylation sites is 1. The fraction of sp³-hybridized carbons (Fsp3) is 0.533. The summed E-state index contributed by atoms with van der Waals surface area (Å²) in [5.74, 6) is 0.117. The number of anilines is 1. The van der Waals surface area contributed by atoms with Crippen molar-refractivity contribution in [1.29, 1.82) is 0 Å². The number of hydrogen-bond donors (Lipinski definition) is 2. The Morgan fingerprint density at radius 1 is 1.28 bits per heavy atom. The lowest BCUT2D eigenvalue weighted by atomic mass is 10.1. The molecule has 3 nitrogen and oxygen atoms in total. The third-order valence-electron chi connectivity index (χ3n) is 3.09. The predicted octanol–water partition coefficient (Wildman–Crippen LogP) is 2.97. The van der Waals surface area contributed by atoms with Gasteiger partial charge in [0.15, 0.2) is 0 Å². The molecule has 18 heavy (non-hydrogen) atoms.